The topological polar surface area (TPSA) is 68.2 Å². The first-order valence-electron chi connectivity index (χ1n) is 7.72. The molecule has 23 heavy (non-hydrogen) atoms. The number of anilines is 2. The molecule has 0 atom stereocenters. The zero-order valence-electron chi connectivity index (χ0n) is 14.1. The van der Waals surface area contributed by atoms with E-state index < -0.39 is 11.7 Å². The SMILES string of the molecule is CCn1nccc1CNc1cccc(NC(=O)OC(C)(C)C)c1. The molecule has 0 unspecified atom stereocenters. The summed E-state index contributed by atoms with van der Waals surface area (Å²) in [7, 11) is 0. The largest absolute Gasteiger partial charge is 0.444 e. The number of carbonyl (C=O) groups is 1. The van der Waals surface area contributed by atoms with E-state index in [2.05, 4.69) is 22.7 Å². The van der Waals surface area contributed by atoms with Crippen LogP contribution in [0.25, 0.3) is 0 Å². The number of hydrogen-bond donors (Lipinski definition) is 2. The molecule has 0 aliphatic heterocycles. The van der Waals surface area contributed by atoms with E-state index in [1.54, 1.807) is 6.20 Å². The van der Waals surface area contributed by atoms with Crippen LogP contribution in [0.3, 0.4) is 0 Å². The Labute approximate surface area is 136 Å². The van der Waals surface area contributed by atoms with E-state index >= 15 is 0 Å². The lowest BCUT2D eigenvalue weighted by molar-refractivity contribution is 0.0636. The van der Waals surface area contributed by atoms with E-state index in [-0.39, 0.29) is 0 Å². The third-order valence-electron chi connectivity index (χ3n) is 3.09. The Kier molecular flexibility index (Phi) is 5.26. The molecule has 6 heteroatoms. The van der Waals surface area contributed by atoms with Crippen LogP contribution in [0.2, 0.25) is 0 Å². The Hall–Kier alpha value is -2.50. The van der Waals surface area contributed by atoms with E-state index in [0.717, 1.165) is 17.9 Å². The second kappa shape index (κ2) is 7.17. The fourth-order valence-corrected chi connectivity index (χ4v) is 2.12. The number of ether oxygens (including phenoxy) is 1. The molecule has 1 aromatic carbocycles. The molecule has 0 radical (unpaired) electrons. The molecule has 0 saturated carbocycles. The second-order valence-corrected chi connectivity index (χ2v) is 6.20. The number of aromatic nitrogens is 2. The summed E-state index contributed by atoms with van der Waals surface area (Å²) in [6.45, 7) is 9.07. The predicted octanol–water partition coefficient (Wildman–Crippen LogP) is 3.86. The van der Waals surface area contributed by atoms with Gasteiger partial charge in [-0.1, -0.05) is 6.07 Å². The van der Waals surface area contributed by atoms with E-state index in [9.17, 15) is 4.79 Å². The third kappa shape index (κ3) is 5.32. The molecule has 2 N–H and O–H groups in total. The maximum Gasteiger partial charge on any atom is 0.412 e. The number of aryl methyl sites for hydroxylation is 1. The molecule has 1 aromatic heterocycles. The average molecular weight is 316 g/mol. The van der Waals surface area contributed by atoms with E-state index in [0.29, 0.717) is 12.2 Å². The van der Waals surface area contributed by atoms with E-state index in [1.807, 2.05) is 55.8 Å². The number of carbonyl (C=O) groups excluding carboxylic acids is 1. The van der Waals surface area contributed by atoms with Gasteiger partial charge < -0.3 is 10.1 Å². The van der Waals surface area contributed by atoms with Crippen molar-refractivity contribution in [2.24, 2.45) is 0 Å². The van der Waals surface area contributed by atoms with Crippen LogP contribution in [0, 0.1) is 0 Å². The molecular formula is C17H24N4O2. The molecule has 0 fully saturated rings. The van der Waals surface area contributed by atoms with Gasteiger partial charge in [-0.2, -0.15) is 5.10 Å². The van der Waals surface area contributed by atoms with Gasteiger partial charge in [-0.3, -0.25) is 10.00 Å². The van der Waals surface area contributed by atoms with Crippen molar-refractivity contribution in [3.8, 4) is 0 Å². The minimum Gasteiger partial charge on any atom is -0.444 e. The zero-order chi connectivity index (χ0) is 16.9. The number of amides is 1. The smallest absolute Gasteiger partial charge is 0.412 e. The van der Waals surface area contributed by atoms with Gasteiger partial charge in [0.15, 0.2) is 0 Å². The van der Waals surface area contributed by atoms with Crippen molar-refractivity contribution in [3.63, 3.8) is 0 Å². The molecule has 0 spiro atoms. The average Bonchev–Trinajstić information content (AvgIpc) is 2.90. The lowest BCUT2D eigenvalue weighted by Crippen LogP contribution is -2.27. The van der Waals surface area contributed by atoms with Crippen LogP contribution in [0.5, 0.6) is 0 Å². The van der Waals surface area contributed by atoms with Crippen LogP contribution in [-0.2, 0) is 17.8 Å². The van der Waals surface area contributed by atoms with Crippen LogP contribution in [0.1, 0.15) is 33.4 Å². The second-order valence-electron chi connectivity index (χ2n) is 6.20. The van der Waals surface area contributed by atoms with Crippen LogP contribution in [0.15, 0.2) is 36.5 Å². The Bertz CT molecular complexity index is 659. The summed E-state index contributed by atoms with van der Waals surface area (Å²) < 4.78 is 7.19. The maximum absolute atomic E-state index is 11.8. The fraction of sp³-hybridized carbons (Fsp3) is 0.412. The molecule has 1 heterocycles. The van der Waals surface area contributed by atoms with Crippen molar-refractivity contribution in [2.45, 2.75) is 46.4 Å². The number of hydrogen-bond acceptors (Lipinski definition) is 4. The highest BCUT2D eigenvalue weighted by Gasteiger charge is 2.16. The minimum atomic E-state index is -0.515. The summed E-state index contributed by atoms with van der Waals surface area (Å²) in [6, 6.07) is 9.51. The molecule has 2 rings (SSSR count). The Morgan fingerprint density at radius 2 is 2.00 bits per heavy atom. The predicted molar refractivity (Wildman–Crippen MR) is 91.5 cm³/mol. The van der Waals surface area contributed by atoms with Crippen LogP contribution >= 0.6 is 0 Å². The first kappa shape index (κ1) is 16.9. The molecule has 0 saturated heterocycles. The van der Waals surface area contributed by atoms with Crippen LogP contribution in [0.4, 0.5) is 16.2 Å². The first-order chi connectivity index (χ1) is 10.9. The van der Waals surface area contributed by atoms with Crippen molar-refractivity contribution in [2.75, 3.05) is 10.6 Å². The molecule has 0 bridgehead atoms. The first-order valence-corrected chi connectivity index (χ1v) is 7.72. The Balaban J connectivity index is 1.96. The van der Waals surface area contributed by atoms with Crippen molar-refractivity contribution in [1.29, 1.82) is 0 Å². The molecular weight excluding hydrogens is 292 g/mol. The van der Waals surface area contributed by atoms with Gasteiger partial charge in [0.05, 0.1) is 12.2 Å². The summed E-state index contributed by atoms with van der Waals surface area (Å²) in [5.41, 5.74) is 2.20. The standard InChI is InChI=1S/C17H24N4O2/c1-5-21-15(9-10-19-21)12-18-13-7-6-8-14(11-13)20-16(22)23-17(2,3)4/h6-11,18H,5,12H2,1-4H3,(H,20,22). The number of rotatable bonds is 5. The highest BCUT2D eigenvalue weighted by atomic mass is 16.6. The van der Waals surface area contributed by atoms with E-state index in [1.165, 1.54) is 0 Å². The van der Waals surface area contributed by atoms with Crippen LogP contribution in [-0.4, -0.2) is 21.5 Å². The van der Waals surface area contributed by atoms with Crippen molar-refractivity contribution >= 4 is 17.5 Å². The van der Waals surface area contributed by atoms with Gasteiger partial charge in [-0.15, -0.1) is 0 Å². The van der Waals surface area contributed by atoms with Gasteiger partial charge in [0.25, 0.3) is 0 Å². The Morgan fingerprint density at radius 1 is 1.26 bits per heavy atom. The molecule has 0 aliphatic carbocycles. The summed E-state index contributed by atoms with van der Waals surface area (Å²) >= 11 is 0. The van der Waals surface area contributed by atoms with E-state index in [4.69, 9.17) is 4.74 Å². The molecule has 124 valence electrons. The zero-order valence-corrected chi connectivity index (χ0v) is 14.1. The van der Waals surface area contributed by atoms with Crippen molar-refractivity contribution < 1.29 is 9.53 Å². The van der Waals surface area contributed by atoms with Gasteiger partial charge in [-0.05, 0) is 52.0 Å². The third-order valence-corrected chi connectivity index (χ3v) is 3.09. The quantitative estimate of drug-likeness (QED) is 0.879. The lowest BCUT2D eigenvalue weighted by atomic mass is 10.2. The molecule has 0 aliphatic rings. The van der Waals surface area contributed by atoms with Gasteiger partial charge >= 0.3 is 6.09 Å². The highest BCUT2D eigenvalue weighted by molar-refractivity contribution is 5.85. The van der Waals surface area contributed by atoms with Crippen molar-refractivity contribution in [3.05, 3.63) is 42.2 Å². The van der Waals surface area contributed by atoms with Gasteiger partial charge in [-0.25, -0.2) is 4.79 Å². The molecule has 6 nitrogen and oxygen atoms in total. The monoisotopic (exact) mass is 316 g/mol. The fourth-order valence-electron chi connectivity index (χ4n) is 2.12. The number of benzene rings is 1. The minimum absolute atomic E-state index is 0.460. The summed E-state index contributed by atoms with van der Waals surface area (Å²) in [5.74, 6) is 0. The van der Waals surface area contributed by atoms with Gasteiger partial charge in [0, 0.05) is 24.1 Å². The number of nitrogens with one attached hydrogen (secondary N) is 2. The summed E-state index contributed by atoms with van der Waals surface area (Å²) in [4.78, 5) is 11.8. The Morgan fingerprint density at radius 3 is 2.70 bits per heavy atom. The van der Waals surface area contributed by atoms with Gasteiger partial charge in [0.2, 0.25) is 0 Å². The van der Waals surface area contributed by atoms with Crippen LogP contribution < -0.4 is 10.6 Å². The number of nitrogens with zero attached hydrogens (tertiary/aromatic N) is 2. The maximum atomic E-state index is 11.8. The van der Waals surface area contributed by atoms with Gasteiger partial charge in [0.1, 0.15) is 5.60 Å². The highest BCUT2D eigenvalue weighted by Crippen LogP contribution is 2.17. The lowest BCUT2D eigenvalue weighted by Gasteiger charge is -2.19. The molecule has 1 amide bonds. The summed E-state index contributed by atoms with van der Waals surface area (Å²) in [6.07, 6.45) is 1.33. The molecule has 2 aromatic rings. The normalized spacial score (nSPS) is 11.1. The summed E-state index contributed by atoms with van der Waals surface area (Å²) in [5, 5.41) is 10.3. The van der Waals surface area contributed by atoms with Crippen molar-refractivity contribution in [1.82, 2.24) is 9.78 Å².